The fraction of sp³-hybridized carbons (Fsp3) is 0.385. The van der Waals surface area contributed by atoms with Gasteiger partial charge in [-0.05, 0) is 45.0 Å². The van der Waals surface area contributed by atoms with Crippen LogP contribution < -0.4 is 4.90 Å². The highest BCUT2D eigenvalue weighted by Crippen LogP contribution is 2.23. The van der Waals surface area contributed by atoms with Crippen LogP contribution in [0, 0.1) is 6.92 Å². The van der Waals surface area contributed by atoms with Gasteiger partial charge < -0.3 is 4.90 Å². The number of rotatable bonds is 5. The van der Waals surface area contributed by atoms with Crippen molar-refractivity contribution in [3.05, 3.63) is 29.3 Å². The number of nitrogens with zero attached hydrogens (tertiary/aromatic N) is 5. The number of hydrogen-bond donors (Lipinski definition) is 0. The molecule has 0 aliphatic heterocycles. The first-order chi connectivity index (χ1) is 9.22. The number of aryl methyl sites for hydroxylation is 1. The maximum absolute atomic E-state index is 4.16. The standard InChI is InChI=1S/C13H17N5S/c1-4-18(5-2)12-8-6-11(7-9-12)15-17-13-16-14-10(3)19-13/h6-9H,4-5H2,1-3H3. The predicted octanol–water partition coefficient (Wildman–Crippen LogP) is 4.11. The number of anilines is 1. The van der Waals surface area contributed by atoms with Gasteiger partial charge in [-0.15, -0.1) is 20.4 Å². The molecule has 0 spiro atoms. The van der Waals surface area contributed by atoms with Crippen LogP contribution in [0.4, 0.5) is 16.5 Å². The minimum Gasteiger partial charge on any atom is -0.372 e. The summed E-state index contributed by atoms with van der Waals surface area (Å²) < 4.78 is 0. The molecule has 0 fully saturated rings. The molecule has 2 aromatic rings. The van der Waals surface area contributed by atoms with Crippen molar-refractivity contribution in [2.75, 3.05) is 18.0 Å². The second-order valence-corrected chi connectivity index (χ2v) is 5.15. The zero-order valence-electron chi connectivity index (χ0n) is 11.4. The molecule has 0 bridgehead atoms. The maximum Gasteiger partial charge on any atom is 0.251 e. The summed E-state index contributed by atoms with van der Waals surface area (Å²) in [6, 6.07) is 8.05. The highest BCUT2D eigenvalue weighted by Gasteiger charge is 2.01. The Balaban J connectivity index is 2.08. The molecule has 0 unspecified atom stereocenters. The Morgan fingerprint density at radius 1 is 1.05 bits per heavy atom. The first kappa shape index (κ1) is 13.6. The van der Waals surface area contributed by atoms with Crippen molar-refractivity contribution in [3.63, 3.8) is 0 Å². The summed E-state index contributed by atoms with van der Waals surface area (Å²) >= 11 is 1.43. The smallest absolute Gasteiger partial charge is 0.251 e. The predicted molar refractivity (Wildman–Crippen MR) is 78.8 cm³/mol. The van der Waals surface area contributed by atoms with Gasteiger partial charge in [0.15, 0.2) is 0 Å². The van der Waals surface area contributed by atoms with E-state index in [-0.39, 0.29) is 0 Å². The molecule has 0 amide bonds. The zero-order valence-corrected chi connectivity index (χ0v) is 12.2. The van der Waals surface area contributed by atoms with E-state index in [2.05, 4.69) is 51.3 Å². The van der Waals surface area contributed by atoms with Gasteiger partial charge in [0.1, 0.15) is 5.01 Å². The molecule has 1 aromatic heterocycles. The van der Waals surface area contributed by atoms with E-state index in [9.17, 15) is 0 Å². The lowest BCUT2D eigenvalue weighted by Gasteiger charge is -2.20. The van der Waals surface area contributed by atoms with Crippen LogP contribution in [0.3, 0.4) is 0 Å². The van der Waals surface area contributed by atoms with Crippen LogP contribution in [0.15, 0.2) is 34.5 Å². The lowest BCUT2D eigenvalue weighted by molar-refractivity contribution is 0.866. The molecule has 2 rings (SSSR count). The van der Waals surface area contributed by atoms with Crippen molar-refractivity contribution < 1.29 is 0 Å². The number of benzene rings is 1. The summed E-state index contributed by atoms with van der Waals surface area (Å²) in [6.07, 6.45) is 0. The third kappa shape index (κ3) is 3.57. The van der Waals surface area contributed by atoms with Gasteiger partial charge in [0.05, 0.1) is 5.69 Å². The summed E-state index contributed by atoms with van der Waals surface area (Å²) in [6.45, 7) is 8.20. The van der Waals surface area contributed by atoms with Crippen molar-refractivity contribution in [2.24, 2.45) is 10.2 Å². The Labute approximate surface area is 117 Å². The maximum atomic E-state index is 4.16. The van der Waals surface area contributed by atoms with E-state index in [1.54, 1.807) is 0 Å². The minimum absolute atomic E-state index is 0.588. The lowest BCUT2D eigenvalue weighted by Crippen LogP contribution is -2.21. The normalized spacial score (nSPS) is 11.1. The van der Waals surface area contributed by atoms with Gasteiger partial charge in [-0.3, -0.25) is 0 Å². The number of azo groups is 1. The van der Waals surface area contributed by atoms with Crippen molar-refractivity contribution >= 4 is 27.8 Å². The summed E-state index contributed by atoms with van der Waals surface area (Å²) in [5.74, 6) is 0. The zero-order chi connectivity index (χ0) is 13.7. The van der Waals surface area contributed by atoms with E-state index in [4.69, 9.17) is 0 Å². The summed E-state index contributed by atoms with van der Waals surface area (Å²) in [5, 5.41) is 17.5. The molecule has 0 aliphatic rings. The summed E-state index contributed by atoms with van der Waals surface area (Å²) in [7, 11) is 0. The van der Waals surface area contributed by atoms with Gasteiger partial charge in [-0.25, -0.2) is 0 Å². The molecule has 6 heteroatoms. The fourth-order valence-electron chi connectivity index (χ4n) is 1.75. The third-order valence-corrected chi connectivity index (χ3v) is 3.47. The largest absolute Gasteiger partial charge is 0.372 e. The Kier molecular flexibility index (Phi) is 4.57. The molecule has 0 aliphatic carbocycles. The molecule has 5 nitrogen and oxygen atoms in total. The molecule has 0 saturated heterocycles. The molecule has 0 radical (unpaired) electrons. The van der Waals surface area contributed by atoms with Crippen molar-refractivity contribution in [2.45, 2.75) is 20.8 Å². The quantitative estimate of drug-likeness (QED) is 0.772. The lowest BCUT2D eigenvalue weighted by atomic mass is 10.2. The molecule has 1 heterocycles. The molecule has 0 N–H and O–H groups in total. The molecule has 0 atom stereocenters. The van der Waals surface area contributed by atoms with Gasteiger partial charge in [-0.2, -0.15) is 0 Å². The summed E-state index contributed by atoms with van der Waals surface area (Å²) in [4.78, 5) is 2.29. The first-order valence-corrected chi connectivity index (χ1v) is 7.11. The van der Waals surface area contributed by atoms with Gasteiger partial charge in [0.2, 0.25) is 0 Å². The summed E-state index contributed by atoms with van der Waals surface area (Å²) in [5.41, 5.74) is 2.03. The van der Waals surface area contributed by atoms with Crippen LogP contribution in [-0.4, -0.2) is 23.3 Å². The van der Waals surface area contributed by atoms with Crippen LogP contribution in [0.5, 0.6) is 0 Å². The van der Waals surface area contributed by atoms with Crippen LogP contribution in [0.1, 0.15) is 18.9 Å². The van der Waals surface area contributed by atoms with Crippen molar-refractivity contribution in [3.8, 4) is 0 Å². The van der Waals surface area contributed by atoms with Gasteiger partial charge in [-0.1, -0.05) is 11.3 Å². The Morgan fingerprint density at radius 2 is 1.74 bits per heavy atom. The van der Waals surface area contributed by atoms with E-state index in [0.717, 1.165) is 23.8 Å². The number of hydrogen-bond acceptors (Lipinski definition) is 6. The Morgan fingerprint density at radius 3 is 2.26 bits per heavy atom. The van der Waals surface area contributed by atoms with E-state index in [1.807, 2.05) is 19.1 Å². The van der Waals surface area contributed by atoms with Crippen molar-refractivity contribution in [1.29, 1.82) is 0 Å². The van der Waals surface area contributed by atoms with Crippen LogP contribution in [0.2, 0.25) is 0 Å². The van der Waals surface area contributed by atoms with Gasteiger partial charge >= 0.3 is 0 Å². The van der Waals surface area contributed by atoms with Crippen LogP contribution in [-0.2, 0) is 0 Å². The molecule has 19 heavy (non-hydrogen) atoms. The first-order valence-electron chi connectivity index (χ1n) is 6.29. The number of aromatic nitrogens is 2. The molecule has 0 saturated carbocycles. The van der Waals surface area contributed by atoms with E-state index in [1.165, 1.54) is 17.0 Å². The highest BCUT2D eigenvalue weighted by molar-refractivity contribution is 7.14. The van der Waals surface area contributed by atoms with Crippen LogP contribution in [0.25, 0.3) is 0 Å². The Hall–Kier alpha value is -1.82. The topological polar surface area (TPSA) is 53.7 Å². The van der Waals surface area contributed by atoms with E-state index < -0.39 is 0 Å². The highest BCUT2D eigenvalue weighted by atomic mass is 32.1. The second-order valence-electron chi connectivity index (χ2n) is 3.99. The molecular weight excluding hydrogens is 258 g/mol. The average Bonchev–Trinajstić information content (AvgIpc) is 2.85. The van der Waals surface area contributed by atoms with E-state index >= 15 is 0 Å². The van der Waals surface area contributed by atoms with Crippen molar-refractivity contribution in [1.82, 2.24) is 10.2 Å². The fourth-order valence-corrected chi connectivity index (χ4v) is 2.26. The SMILES string of the molecule is CCN(CC)c1ccc(N=Nc2nnc(C)s2)cc1. The molecular formula is C13H17N5S. The molecule has 100 valence electrons. The van der Waals surface area contributed by atoms with Gasteiger partial charge in [0.25, 0.3) is 5.13 Å². The third-order valence-electron chi connectivity index (χ3n) is 2.74. The van der Waals surface area contributed by atoms with E-state index in [0.29, 0.717) is 5.13 Å². The Bertz CT molecular complexity index is 542. The average molecular weight is 275 g/mol. The van der Waals surface area contributed by atoms with Crippen LogP contribution >= 0.6 is 11.3 Å². The minimum atomic E-state index is 0.588. The molecule has 1 aromatic carbocycles. The van der Waals surface area contributed by atoms with Gasteiger partial charge in [0, 0.05) is 18.8 Å². The monoisotopic (exact) mass is 275 g/mol. The second kappa shape index (κ2) is 6.38.